The first-order valence-corrected chi connectivity index (χ1v) is 6.14. The van der Waals surface area contributed by atoms with Crippen molar-refractivity contribution in [2.45, 2.75) is 19.9 Å². The predicted octanol–water partition coefficient (Wildman–Crippen LogP) is 1.93. The Morgan fingerprint density at radius 1 is 1.33 bits per heavy atom. The summed E-state index contributed by atoms with van der Waals surface area (Å²) in [4.78, 5) is 2.25. The summed E-state index contributed by atoms with van der Waals surface area (Å²) in [6.45, 7) is 3.84. The molecule has 2 N–H and O–H groups in total. The van der Waals surface area contributed by atoms with Gasteiger partial charge in [0.25, 0.3) is 0 Å². The Morgan fingerprint density at radius 2 is 2.22 bits per heavy atom. The van der Waals surface area contributed by atoms with Gasteiger partial charge in [-0.05, 0) is 42.2 Å². The highest BCUT2D eigenvalue weighted by atomic mass is 15.3. The molecular formula is C14H16N4. The largest absolute Gasteiger partial charge is 0.398 e. The summed E-state index contributed by atoms with van der Waals surface area (Å²) in [6, 6.07) is 8.20. The highest BCUT2D eigenvalue weighted by molar-refractivity contribution is 5.55. The molecule has 0 aliphatic carbocycles. The predicted molar refractivity (Wildman–Crippen MR) is 72.4 cm³/mol. The zero-order valence-corrected chi connectivity index (χ0v) is 10.4. The number of rotatable bonds is 1. The lowest BCUT2D eigenvalue weighted by Crippen LogP contribution is -2.31. The van der Waals surface area contributed by atoms with E-state index in [-0.39, 0.29) is 0 Å². The molecule has 1 aliphatic rings. The Hall–Kier alpha value is -2.10. The van der Waals surface area contributed by atoms with E-state index >= 15 is 0 Å². The molecule has 0 saturated heterocycles. The van der Waals surface area contributed by atoms with Gasteiger partial charge in [0.1, 0.15) is 0 Å². The van der Waals surface area contributed by atoms with Crippen LogP contribution in [-0.2, 0) is 13.0 Å². The second-order valence-electron chi connectivity index (χ2n) is 4.75. The van der Waals surface area contributed by atoms with Crippen molar-refractivity contribution < 1.29 is 0 Å². The molecule has 0 bridgehead atoms. The van der Waals surface area contributed by atoms with Crippen LogP contribution in [0, 0.1) is 6.92 Å². The van der Waals surface area contributed by atoms with Gasteiger partial charge < -0.3 is 10.6 Å². The molecule has 2 aromatic rings. The zero-order valence-electron chi connectivity index (χ0n) is 10.4. The zero-order chi connectivity index (χ0) is 12.5. The van der Waals surface area contributed by atoms with Crippen LogP contribution in [0.5, 0.6) is 0 Å². The molecule has 2 heterocycles. The number of hydrogen-bond donors (Lipinski definition) is 1. The molecule has 1 aliphatic heterocycles. The van der Waals surface area contributed by atoms with Gasteiger partial charge in [0.2, 0.25) is 0 Å². The monoisotopic (exact) mass is 240 g/mol. The first kappa shape index (κ1) is 11.0. The van der Waals surface area contributed by atoms with Crippen LogP contribution in [0.3, 0.4) is 0 Å². The minimum atomic E-state index is 0.860. The van der Waals surface area contributed by atoms with Crippen LogP contribution in [0.15, 0.2) is 30.5 Å². The average Bonchev–Trinajstić information content (AvgIpc) is 2.39. The highest BCUT2D eigenvalue weighted by Crippen LogP contribution is 2.26. The van der Waals surface area contributed by atoms with Gasteiger partial charge in [-0.3, -0.25) is 0 Å². The van der Waals surface area contributed by atoms with Crippen LogP contribution in [0.25, 0.3) is 0 Å². The molecule has 0 spiro atoms. The molecule has 0 amide bonds. The number of aryl methyl sites for hydroxylation is 1. The standard InChI is InChI=1S/C14H16N4/c1-10-7-14(17-16-8-10)18-6-5-12-11(9-18)3-2-4-13(12)15/h2-4,7-8H,5-6,9,15H2,1H3. The van der Waals surface area contributed by atoms with Gasteiger partial charge >= 0.3 is 0 Å². The lowest BCUT2D eigenvalue weighted by atomic mass is 9.98. The summed E-state index contributed by atoms with van der Waals surface area (Å²) in [6.07, 6.45) is 2.75. The van der Waals surface area contributed by atoms with Crippen molar-refractivity contribution in [3.05, 3.63) is 47.2 Å². The topological polar surface area (TPSA) is 55.0 Å². The SMILES string of the molecule is Cc1cnnc(N2CCc3c(N)cccc3C2)c1. The molecular weight excluding hydrogens is 224 g/mol. The fraction of sp³-hybridized carbons (Fsp3) is 0.286. The first-order valence-electron chi connectivity index (χ1n) is 6.14. The molecule has 1 aromatic heterocycles. The number of nitrogens with zero attached hydrogens (tertiary/aromatic N) is 3. The Morgan fingerprint density at radius 3 is 3.06 bits per heavy atom. The smallest absolute Gasteiger partial charge is 0.151 e. The number of nitrogens with two attached hydrogens (primary N) is 1. The van der Waals surface area contributed by atoms with E-state index < -0.39 is 0 Å². The van der Waals surface area contributed by atoms with E-state index in [1.54, 1.807) is 6.20 Å². The van der Waals surface area contributed by atoms with Crippen LogP contribution in [0.2, 0.25) is 0 Å². The van der Waals surface area contributed by atoms with Crippen molar-refractivity contribution in [1.82, 2.24) is 10.2 Å². The van der Waals surface area contributed by atoms with Gasteiger partial charge in [-0.1, -0.05) is 12.1 Å². The number of hydrogen-bond acceptors (Lipinski definition) is 4. The Kier molecular flexibility index (Phi) is 2.63. The third kappa shape index (κ3) is 1.90. The van der Waals surface area contributed by atoms with E-state index in [4.69, 9.17) is 5.73 Å². The van der Waals surface area contributed by atoms with Gasteiger partial charge in [-0.2, -0.15) is 5.10 Å². The Balaban J connectivity index is 1.91. The third-order valence-electron chi connectivity index (χ3n) is 3.40. The Labute approximate surface area is 106 Å². The lowest BCUT2D eigenvalue weighted by Gasteiger charge is -2.30. The maximum Gasteiger partial charge on any atom is 0.151 e. The second-order valence-corrected chi connectivity index (χ2v) is 4.75. The molecule has 0 saturated carbocycles. The van der Waals surface area contributed by atoms with Crippen LogP contribution >= 0.6 is 0 Å². The first-order chi connectivity index (χ1) is 8.74. The van der Waals surface area contributed by atoms with Crippen molar-refractivity contribution in [2.75, 3.05) is 17.2 Å². The number of anilines is 2. The summed E-state index contributed by atoms with van der Waals surface area (Å²) in [5.41, 5.74) is 10.6. The van der Waals surface area contributed by atoms with E-state index in [9.17, 15) is 0 Å². The van der Waals surface area contributed by atoms with Gasteiger partial charge in [0, 0.05) is 18.8 Å². The van der Waals surface area contributed by atoms with E-state index in [1.165, 1.54) is 11.1 Å². The van der Waals surface area contributed by atoms with Crippen LogP contribution < -0.4 is 10.6 Å². The van der Waals surface area contributed by atoms with Gasteiger partial charge in [-0.15, -0.1) is 5.10 Å². The van der Waals surface area contributed by atoms with Gasteiger partial charge in [-0.25, -0.2) is 0 Å². The number of aromatic nitrogens is 2. The van der Waals surface area contributed by atoms with Crippen LogP contribution in [-0.4, -0.2) is 16.7 Å². The molecule has 4 heteroatoms. The molecule has 4 nitrogen and oxygen atoms in total. The maximum atomic E-state index is 6.00. The van der Waals surface area contributed by atoms with Crippen molar-refractivity contribution in [2.24, 2.45) is 0 Å². The van der Waals surface area contributed by atoms with Gasteiger partial charge in [0.05, 0.1) is 6.20 Å². The van der Waals surface area contributed by atoms with E-state index in [2.05, 4.69) is 27.2 Å². The molecule has 0 fully saturated rings. The summed E-state index contributed by atoms with van der Waals surface area (Å²) in [5, 5.41) is 8.22. The average molecular weight is 240 g/mol. The van der Waals surface area contributed by atoms with Crippen LogP contribution in [0.1, 0.15) is 16.7 Å². The van der Waals surface area contributed by atoms with E-state index in [0.29, 0.717) is 0 Å². The summed E-state index contributed by atoms with van der Waals surface area (Å²) >= 11 is 0. The normalized spacial score (nSPS) is 14.4. The molecule has 0 radical (unpaired) electrons. The fourth-order valence-electron chi connectivity index (χ4n) is 2.44. The molecule has 0 atom stereocenters. The van der Waals surface area contributed by atoms with Crippen molar-refractivity contribution in [3.8, 4) is 0 Å². The fourth-order valence-corrected chi connectivity index (χ4v) is 2.44. The van der Waals surface area contributed by atoms with E-state index in [0.717, 1.165) is 36.6 Å². The number of nitrogen functional groups attached to an aromatic ring is 1. The number of fused-ring (bicyclic) bond motifs is 1. The molecule has 18 heavy (non-hydrogen) atoms. The number of benzene rings is 1. The molecule has 1 aromatic carbocycles. The van der Waals surface area contributed by atoms with Gasteiger partial charge in [0.15, 0.2) is 5.82 Å². The molecule has 3 rings (SSSR count). The second kappa shape index (κ2) is 4.29. The van der Waals surface area contributed by atoms with E-state index in [1.807, 2.05) is 19.1 Å². The lowest BCUT2D eigenvalue weighted by molar-refractivity contribution is 0.713. The third-order valence-corrected chi connectivity index (χ3v) is 3.40. The maximum absolute atomic E-state index is 6.00. The van der Waals surface area contributed by atoms with Crippen molar-refractivity contribution in [3.63, 3.8) is 0 Å². The van der Waals surface area contributed by atoms with Crippen molar-refractivity contribution >= 4 is 11.5 Å². The summed E-state index contributed by atoms with van der Waals surface area (Å²) in [7, 11) is 0. The Bertz CT molecular complexity index is 580. The molecule has 92 valence electrons. The minimum absolute atomic E-state index is 0.860. The summed E-state index contributed by atoms with van der Waals surface area (Å²) < 4.78 is 0. The van der Waals surface area contributed by atoms with Crippen LogP contribution in [0.4, 0.5) is 11.5 Å². The summed E-state index contributed by atoms with van der Waals surface area (Å²) in [5.74, 6) is 0.947. The highest BCUT2D eigenvalue weighted by Gasteiger charge is 2.19. The minimum Gasteiger partial charge on any atom is -0.398 e. The quantitative estimate of drug-likeness (QED) is 0.774. The molecule has 0 unspecified atom stereocenters. The van der Waals surface area contributed by atoms with Crippen molar-refractivity contribution in [1.29, 1.82) is 0 Å².